The summed E-state index contributed by atoms with van der Waals surface area (Å²) in [4.78, 5) is 33.3. The van der Waals surface area contributed by atoms with Crippen LogP contribution in [0.2, 0.25) is 0 Å². The van der Waals surface area contributed by atoms with Crippen molar-refractivity contribution in [1.82, 2.24) is 29.2 Å². The van der Waals surface area contributed by atoms with Gasteiger partial charge in [0.15, 0.2) is 11.6 Å². The van der Waals surface area contributed by atoms with Crippen molar-refractivity contribution in [3.63, 3.8) is 0 Å². The first-order valence-corrected chi connectivity index (χ1v) is 18.2. The van der Waals surface area contributed by atoms with Gasteiger partial charge in [-0.3, -0.25) is 14.5 Å². The number of halogens is 4. The molecule has 7 rings (SSSR count). The second-order valence-electron chi connectivity index (χ2n) is 14.3. The van der Waals surface area contributed by atoms with Crippen LogP contribution in [0, 0.1) is 5.82 Å². The number of alkyl halides is 3. The zero-order valence-electron chi connectivity index (χ0n) is 30.3. The quantitative estimate of drug-likeness (QED) is 0.187. The molecule has 0 bridgehead atoms. The monoisotopic (exact) mass is 732 g/mol. The fourth-order valence-electron chi connectivity index (χ4n) is 7.76. The lowest BCUT2D eigenvalue weighted by Crippen LogP contribution is -2.44. The summed E-state index contributed by atoms with van der Waals surface area (Å²) in [5.74, 6) is -0.449. The van der Waals surface area contributed by atoms with Gasteiger partial charge in [0.1, 0.15) is 11.3 Å². The molecule has 1 saturated heterocycles. The van der Waals surface area contributed by atoms with E-state index in [1.165, 1.54) is 6.07 Å². The molecule has 2 aromatic carbocycles. The Bertz CT molecular complexity index is 2050. The van der Waals surface area contributed by atoms with Crippen molar-refractivity contribution < 1.29 is 31.9 Å². The zero-order chi connectivity index (χ0) is 37.4. The van der Waals surface area contributed by atoms with Crippen LogP contribution < -0.4 is 4.74 Å². The number of hydrogen-bond donors (Lipinski definition) is 0. The first-order valence-electron chi connectivity index (χ1n) is 18.2. The highest BCUT2D eigenvalue weighted by molar-refractivity contribution is 5.80. The summed E-state index contributed by atoms with van der Waals surface area (Å²) in [5, 5.41) is 4.21. The van der Waals surface area contributed by atoms with Gasteiger partial charge >= 0.3 is 6.18 Å². The molecule has 9 nitrogen and oxygen atoms in total. The summed E-state index contributed by atoms with van der Waals surface area (Å²) < 4.78 is 65.9. The Morgan fingerprint density at radius 3 is 2.47 bits per heavy atom. The summed E-state index contributed by atoms with van der Waals surface area (Å²) in [6, 6.07) is 11.3. The first kappa shape index (κ1) is 36.6. The van der Waals surface area contributed by atoms with Crippen molar-refractivity contribution >= 4 is 22.9 Å². The number of piperazine rings is 1. The fourth-order valence-corrected chi connectivity index (χ4v) is 7.76. The fraction of sp³-hybridized carbons (Fsp3) is 0.425. The Kier molecular flexibility index (Phi) is 10.3. The van der Waals surface area contributed by atoms with Crippen LogP contribution in [0.3, 0.4) is 0 Å². The van der Waals surface area contributed by atoms with E-state index < -0.39 is 17.6 Å². The number of nitrogens with zero attached hydrogens (tertiary/aromatic N) is 6. The lowest BCUT2D eigenvalue weighted by atomic mass is 9.90. The van der Waals surface area contributed by atoms with E-state index in [0.29, 0.717) is 68.8 Å². The molecule has 0 radical (unpaired) electrons. The van der Waals surface area contributed by atoms with Crippen LogP contribution >= 0.6 is 0 Å². The van der Waals surface area contributed by atoms with E-state index in [9.17, 15) is 22.8 Å². The van der Waals surface area contributed by atoms with Crippen LogP contribution in [0.1, 0.15) is 66.1 Å². The summed E-state index contributed by atoms with van der Waals surface area (Å²) >= 11 is 0. The van der Waals surface area contributed by atoms with E-state index in [1.54, 1.807) is 33.4 Å². The second-order valence-corrected chi connectivity index (χ2v) is 14.3. The van der Waals surface area contributed by atoms with Gasteiger partial charge in [0.25, 0.3) is 0 Å². The van der Waals surface area contributed by atoms with Gasteiger partial charge < -0.3 is 19.4 Å². The first-order chi connectivity index (χ1) is 25.4. The number of carbonyl (C=O) groups excluding carboxylic acids is 2. The molecule has 53 heavy (non-hydrogen) atoms. The Morgan fingerprint density at radius 1 is 0.981 bits per heavy atom. The number of rotatable bonds is 8. The minimum atomic E-state index is -4.54. The smallest absolute Gasteiger partial charge is 0.416 e. The largest absolute Gasteiger partial charge is 0.452 e. The van der Waals surface area contributed by atoms with Gasteiger partial charge in [-0.2, -0.15) is 18.3 Å². The molecule has 0 spiro atoms. The lowest BCUT2D eigenvalue weighted by molar-refractivity contribution is -0.139. The molecule has 5 heterocycles. The number of carbonyl (C=O) groups is 2. The topological polar surface area (TPSA) is 73.6 Å². The zero-order valence-corrected chi connectivity index (χ0v) is 30.3. The van der Waals surface area contributed by atoms with Gasteiger partial charge in [0, 0.05) is 65.5 Å². The third kappa shape index (κ3) is 7.82. The SMILES string of the molecule is CCC1c2cc(Oc3c(F)cnn4cc(C5=CCN(C(C)=O)CC5)cc34)ccc2CCN1C(=O)Cc1ccc(CN2CCN(C)CC2)c(C(F)(F)F)c1. The van der Waals surface area contributed by atoms with Crippen LogP contribution in [-0.2, 0) is 35.2 Å². The summed E-state index contributed by atoms with van der Waals surface area (Å²) in [6.45, 7) is 8.28. The highest BCUT2D eigenvalue weighted by Crippen LogP contribution is 2.39. The van der Waals surface area contributed by atoms with Gasteiger partial charge in [0.05, 0.1) is 24.2 Å². The number of fused-ring (bicyclic) bond motifs is 2. The predicted molar refractivity (Wildman–Crippen MR) is 193 cm³/mol. The maximum atomic E-state index is 15.3. The van der Waals surface area contributed by atoms with Crippen LogP contribution in [0.15, 0.2) is 60.9 Å². The molecule has 1 unspecified atom stereocenters. The molecular formula is C40H44F4N6O3. The average Bonchev–Trinajstić information content (AvgIpc) is 3.58. The summed E-state index contributed by atoms with van der Waals surface area (Å²) in [6.07, 6.45) is 2.04. The van der Waals surface area contributed by atoms with Gasteiger partial charge in [0.2, 0.25) is 11.8 Å². The maximum Gasteiger partial charge on any atom is 0.416 e. The highest BCUT2D eigenvalue weighted by Gasteiger charge is 2.35. The molecule has 0 N–H and O–H groups in total. The van der Waals surface area contributed by atoms with Crippen LogP contribution in [0.25, 0.3) is 11.1 Å². The Hall–Kier alpha value is -4.75. The lowest BCUT2D eigenvalue weighted by Gasteiger charge is -2.37. The Labute approximate surface area is 306 Å². The van der Waals surface area contributed by atoms with Crippen molar-refractivity contribution in [2.75, 3.05) is 52.9 Å². The minimum Gasteiger partial charge on any atom is -0.452 e. The van der Waals surface area contributed by atoms with Crippen LogP contribution in [0.5, 0.6) is 11.5 Å². The van der Waals surface area contributed by atoms with E-state index >= 15 is 4.39 Å². The number of aromatic nitrogens is 2. The molecule has 13 heteroatoms. The second kappa shape index (κ2) is 14.9. The number of likely N-dealkylation sites (N-methyl/N-ethyl adjacent to an activating group) is 1. The molecule has 1 fully saturated rings. The minimum absolute atomic E-state index is 0.0151. The van der Waals surface area contributed by atoms with E-state index in [4.69, 9.17) is 4.74 Å². The molecule has 2 amide bonds. The van der Waals surface area contributed by atoms with E-state index in [1.807, 2.05) is 49.3 Å². The number of benzene rings is 2. The van der Waals surface area contributed by atoms with E-state index in [0.717, 1.165) is 47.6 Å². The molecule has 0 aliphatic carbocycles. The Balaban J connectivity index is 1.09. The third-order valence-corrected chi connectivity index (χ3v) is 10.8. The summed E-state index contributed by atoms with van der Waals surface area (Å²) in [5.41, 5.74) is 4.11. The molecule has 3 aliphatic rings. The van der Waals surface area contributed by atoms with Crippen molar-refractivity contribution in [3.05, 3.63) is 100 Å². The van der Waals surface area contributed by atoms with E-state index in [2.05, 4.69) is 10.00 Å². The number of amides is 2. The third-order valence-electron chi connectivity index (χ3n) is 10.8. The average molecular weight is 733 g/mol. The Morgan fingerprint density at radius 2 is 1.77 bits per heavy atom. The molecule has 0 saturated carbocycles. The summed E-state index contributed by atoms with van der Waals surface area (Å²) in [7, 11) is 2.00. The van der Waals surface area contributed by atoms with Crippen LogP contribution in [0.4, 0.5) is 17.6 Å². The molecular weight excluding hydrogens is 688 g/mol. The molecule has 4 aromatic rings. The van der Waals surface area contributed by atoms with Gasteiger partial charge in [-0.05, 0) is 84.0 Å². The van der Waals surface area contributed by atoms with Gasteiger partial charge in [-0.25, -0.2) is 8.91 Å². The van der Waals surface area contributed by atoms with Crippen molar-refractivity contribution in [2.24, 2.45) is 0 Å². The standard InChI is InChI=1S/C40H44F4N6O3/c1-4-36-33-22-32(53-39-35(41)23-45-50-25-31(21-37(39)50)28-9-12-48(13-10-28)26(2)51)8-7-29(33)11-14-49(36)38(52)20-27-5-6-30(34(19-27)40(42,43)44)24-47-17-15-46(3)16-18-47/h5-9,19,21-23,25,36H,4,10-18,20,24H2,1-3H3. The van der Waals surface area contributed by atoms with Crippen LogP contribution in [-0.4, -0.2) is 93.9 Å². The van der Waals surface area contributed by atoms with Crippen molar-refractivity contribution in [3.8, 4) is 11.5 Å². The van der Waals surface area contributed by atoms with Gasteiger partial charge in [-0.15, -0.1) is 0 Å². The van der Waals surface area contributed by atoms with Crippen molar-refractivity contribution in [1.29, 1.82) is 0 Å². The highest BCUT2D eigenvalue weighted by atomic mass is 19.4. The normalized spacial score (nSPS) is 18.6. The number of hydrogen-bond acceptors (Lipinski definition) is 6. The molecule has 2 aromatic heterocycles. The number of ether oxygens (including phenoxy) is 1. The van der Waals surface area contributed by atoms with Gasteiger partial charge in [-0.1, -0.05) is 31.2 Å². The van der Waals surface area contributed by atoms with E-state index in [-0.39, 0.29) is 42.1 Å². The maximum absolute atomic E-state index is 15.3. The molecule has 1 atom stereocenters. The molecule has 280 valence electrons. The molecule has 3 aliphatic heterocycles. The predicted octanol–water partition coefficient (Wildman–Crippen LogP) is 6.75. The van der Waals surface area contributed by atoms with Crippen molar-refractivity contribution in [2.45, 2.75) is 58.3 Å².